The van der Waals surface area contributed by atoms with Gasteiger partial charge in [-0.1, -0.05) is 27.7 Å². The first-order chi connectivity index (χ1) is 20.0. The predicted octanol–water partition coefficient (Wildman–Crippen LogP) is 4.74. The maximum absolute atomic E-state index is 14.3. The van der Waals surface area contributed by atoms with Crippen molar-refractivity contribution in [2.75, 3.05) is 6.54 Å². The molecular weight excluding hydrogens is 558 g/mol. The van der Waals surface area contributed by atoms with Crippen LogP contribution in [0.1, 0.15) is 118 Å². The molecule has 224 valence electrons. The molecular formula is C32H31NO10. The van der Waals surface area contributed by atoms with Gasteiger partial charge in [-0.15, -0.1) is 0 Å². The van der Waals surface area contributed by atoms with Gasteiger partial charge in [0.05, 0.1) is 6.42 Å². The van der Waals surface area contributed by atoms with Crippen molar-refractivity contribution in [2.24, 2.45) is 4.99 Å². The van der Waals surface area contributed by atoms with E-state index in [1.54, 1.807) is 27.7 Å². The molecule has 11 heteroatoms. The second kappa shape index (κ2) is 11.0. The monoisotopic (exact) mass is 589 g/mol. The van der Waals surface area contributed by atoms with E-state index in [-0.39, 0.29) is 68.6 Å². The fraction of sp³-hybridized carbons (Fsp3) is 0.312. The van der Waals surface area contributed by atoms with Gasteiger partial charge in [0.25, 0.3) is 0 Å². The number of fused-ring (bicyclic) bond motifs is 2. The number of carboxylic acid groups (broad SMARTS) is 1. The topological polar surface area (TPSA) is 199 Å². The summed E-state index contributed by atoms with van der Waals surface area (Å²) in [6.45, 7) is 9.02. The minimum atomic E-state index is -1.14. The summed E-state index contributed by atoms with van der Waals surface area (Å²) in [5.74, 6) is -7.85. The van der Waals surface area contributed by atoms with Crippen molar-refractivity contribution in [3.63, 3.8) is 0 Å². The zero-order valence-corrected chi connectivity index (χ0v) is 24.4. The number of aliphatic carboxylic acids is 1. The first kappa shape index (κ1) is 30.9. The molecule has 4 rings (SSSR count). The molecule has 0 aliphatic heterocycles. The third kappa shape index (κ3) is 4.70. The van der Waals surface area contributed by atoms with Crippen LogP contribution in [0.3, 0.4) is 0 Å². The second-order valence-electron chi connectivity index (χ2n) is 11.2. The van der Waals surface area contributed by atoms with E-state index in [1.807, 2.05) is 0 Å². The molecule has 2 aliphatic carbocycles. The maximum atomic E-state index is 14.3. The summed E-state index contributed by atoms with van der Waals surface area (Å²) in [6.07, 6.45) is 0.625. The number of hydrogen-bond donors (Lipinski definition) is 5. The zero-order chi connectivity index (χ0) is 32.2. The molecule has 5 N–H and O–H groups in total. The van der Waals surface area contributed by atoms with E-state index in [0.29, 0.717) is 0 Å². The van der Waals surface area contributed by atoms with Crippen LogP contribution in [0.4, 0.5) is 0 Å². The number of hydrogen-bond acceptors (Lipinski definition) is 10. The summed E-state index contributed by atoms with van der Waals surface area (Å²) in [7, 11) is 0. The van der Waals surface area contributed by atoms with Gasteiger partial charge in [0.1, 0.15) is 0 Å². The molecule has 0 amide bonds. The lowest BCUT2D eigenvalue weighted by Crippen LogP contribution is -2.31. The minimum absolute atomic E-state index is 0.00370. The largest absolute Gasteiger partial charge is 0.504 e. The van der Waals surface area contributed by atoms with Crippen molar-refractivity contribution < 1.29 is 49.5 Å². The normalized spacial score (nSPS) is 15.3. The lowest BCUT2D eigenvalue weighted by molar-refractivity contribution is -0.136. The Labute approximate surface area is 246 Å². The predicted molar refractivity (Wildman–Crippen MR) is 155 cm³/mol. The number of ketones is 4. The maximum Gasteiger partial charge on any atom is 0.305 e. The van der Waals surface area contributed by atoms with E-state index in [2.05, 4.69) is 4.99 Å². The van der Waals surface area contributed by atoms with Crippen molar-refractivity contribution in [3.8, 4) is 23.0 Å². The van der Waals surface area contributed by atoms with Gasteiger partial charge in [0, 0.05) is 74.0 Å². The Bertz CT molecular complexity index is 1770. The van der Waals surface area contributed by atoms with E-state index >= 15 is 0 Å². The van der Waals surface area contributed by atoms with Gasteiger partial charge in [-0.2, -0.15) is 0 Å². The van der Waals surface area contributed by atoms with Gasteiger partial charge in [-0.05, 0) is 31.7 Å². The molecule has 0 fully saturated rings. The van der Waals surface area contributed by atoms with Crippen molar-refractivity contribution in [1.82, 2.24) is 0 Å². The van der Waals surface area contributed by atoms with Crippen LogP contribution >= 0.6 is 0 Å². The number of nitrogens with zero attached hydrogens (tertiary/aromatic N) is 1. The molecule has 43 heavy (non-hydrogen) atoms. The summed E-state index contributed by atoms with van der Waals surface area (Å²) in [4.78, 5) is 70.9. The van der Waals surface area contributed by atoms with Crippen molar-refractivity contribution in [2.45, 2.75) is 59.8 Å². The fourth-order valence-corrected chi connectivity index (χ4v) is 5.71. The highest BCUT2D eigenvalue weighted by Crippen LogP contribution is 2.48. The summed E-state index contributed by atoms with van der Waals surface area (Å²) >= 11 is 0. The van der Waals surface area contributed by atoms with Crippen LogP contribution in [0.25, 0.3) is 0 Å². The number of Topliss-reactive ketones (excluding diaryl/α,β-unsaturated/α-hetero) is 4. The molecule has 0 radical (unpaired) electrons. The van der Waals surface area contributed by atoms with Gasteiger partial charge >= 0.3 is 5.97 Å². The lowest BCUT2D eigenvalue weighted by Gasteiger charge is -2.29. The van der Waals surface area contributed by atoms with Crippen LogP contribution < -0.4 is 0 Å². The van der Waals surface area contributed by atoms with Gasteiger partial charge in [0.15, 0.2) is 46.1 Å². The Morgan fingerprint density at radius 3 is 1.79 bits per heavy atom. The van der Waals surface area contributed by atoms with Crippen LogP contribution in [-0.2, 0) is 4.79 Å². The van der Waals surface area contributed by atoms with Crippen molar-refractivity contribution in [1.29, 1.82) is 0 Å². The number of phenolic OH excluding ortho intramolecular Hbond substituents is 4. The summed E-state index contributed by atoms with van der Waals surface area (Å²) < 4.78 is 0. The number of carbonyl (C=O) groups is 5. The first-order valence-electron chi connectivity index (χ1n) is 13.6. The number of allylic oxidation sites excluding steroid dienone is 4. The highest BCUT2D eigenvalue weighted by Gasteiger charge is 2.44. The Morgan fingerprint density at radius 1 is 0.744 bits per heavy atom. The standard InChI is InChI=1S/C32H31NO10/c1-11(2)19-23-15(9-17(34)30(19)41)28(39)21(13(5)26(23)37)22-14(6)27(38)25-20(12(3)4)32(43)29(40)16(24(25)31(22)42)10-33-8-7-18(35)36/h9-12,34,40-41,43H,7-8H2,1-6H3,(H,35,36)/b33-10+. The molecule has 11 nitrogen and oxygen atoms in total. The number of carbonyl (C=O) groups excluding carboxylic acids is 4. The molecule has 0 bridgehead atoms. The Balaban J connectivity index is 2.03. The summed E-state index contributed by atoms with van der Waals surface area (Å²) in [5.41, 5.74) is -2.29. The molecule has 0 saturated heterocycles. The van der Waals surface area contributed by atoms with Gasteiger partial charge < -0.3 is 25.5 Å². The number of phenols is 4. The summed E-state index contributed by atoms with van der Waals surface area (Å²) in [6, 6.07) is 0.948. The van der Waals surface area contributed by atoms with E-state index in [4.69, 9.17) is 5.11 Å². The van der Waals surface area contributed by atoms with Crippen LogP contribution in [-0.4, -0.2) is 67.4 Å². The van der Waals surface area contributed by atoms with Crippen LogP contribution in [0.15, 0.2) is 33.4 Å². The van der Waals surface area contributed by atoms with Gasteiger partial charge in [0.2, 0.25) is 0 Å². The minimum Gasteiger partial charge on any atom is -0.504 e. The lowest BCUT2D eigenvalue weighted by atomic mass is 9.71. The van der Waals surface area contributed by atoms with Gasteiger partial charge in [-0.25, -0.2) is 0 Å². The molecule has 0 aromatic heterocycles. The highest BCUT2D eigenvalue weighted by atomic mass is 16.4. The molecule has 2 aliphatic rings. The quantitative estimate of drug-likeness (QED) is 0.222. The number of rotatable bonds is 7. The number of benzene rings is 2. The van der Waals surface area contributed by atoms with Crippen LogP contribution in [0, 0.1) is 0 Å². The van der Waals surface area contributed by atoms with E-state index in [0.717, 1.165) is 12.3 Å². The third-order valence-corrected chi connectivity index (χ3v) is 7.73. The number of aliphatic imine (C=N–C) groups is 1. The molecule has 0 atom stereocenters. The fourth-order valence-electron chi connectivity index (χ4n) is 5.71. The van der Waals surface area contributed by atoms with Crippen LogP contribution in [0.5, 0.6) is 23.0 Å². The molecule has 2 aromatic rings. The Kier molecular flexibility index (Phi) is 7.88. The summed E-state index contributed by atoms with van der Waals surface area (Å²) in [5, 5.41) is 51.7. The average molecular weight is 590 g/mol. The molecule has 0 saturated carbocycles. The molecule has 2 aromatic carbocycles. The Morgan fingerprint density at radius 2 is 1.26 bits per heavy atom. The second-order valence-corrected chi connectivity index (χ2v) is 11.2. The molecule has 0 spiro atoms. The van der Waals surface area contributed by atoms with Gasteiger partial charge in [-0.3, -0.25) is 29.0 Å². The van der Waals surface area contributed by atoms with Crippen molar-refractivity contribution in [3.05, 3.63) is 67.3 Å². The highest BCUT2D eigenvalue weighted by molar-refractivity contribution is 6.38. The molecule has 0 heterocycles. The number of aromatic hydroxyl groups is 4. The SMILES string of the molecule is CC1=C(C2=C(C)C(=O)c3c(c(/C=N/CCC(=O)O)c(O)c(O)c3C(C)C)C2=O)C(=O)c2cc(O)c(O)c(C(C)C)c2C1=O. The average Bonchev–Trinajstić information content (AvgIpc) is 2.92. The van der Waals surface area contributed by atoms with E-state index < -0.39 is 69.5 Å². The third-order valence-electron chi connectivity index (χ3n) is 7.73. The van der Waals surface area contributed by atoms with E-state index in [1.165, 1.54) is 13.8 Å². The van der Waals surface area contributed by atoms with E-state index in [9.17, 15) is 44.4 Å². The number of carboxylic acids is 1. The first-order valence-corrected chi connectivity index (χ1v) is 13.6. The zero-order valence-electron chi connectivity index (χ0n) is 24.4. The smallest absolute Gasteiger partial charge is 0.305 e. The Hall–Kier alpha value is -5.06. The van der Waals surface area contributed by atoms with Crippen LogP contribution in [0.2, 0.25) is 0 Å². The van der Waals surface area contributed by atoms with Crippen molar-refractivity contribution >= 4 is 35.3 Å². The molecule has 0 unspecified atom stereocenters.